The van der Waals surface area contributed by atoms with Crippen LogP contribution in [0.3, 0.4) is 0 Å². The monoisotopic (exact) mass is 604 g/mol. The fourth-order valence-corrected chi connectivity index (χ4v) is 6.21. The molecule has 0 aliphatic carbocycles. The fraction of sp³-hybridized carbons (Fsp3) is 0.457. The molecule has 43 heavy (non-hydrogen) atoms. The Balaban J connectivity index is 1.50. The third-order valence-corrected chi connectivity index (χ3v) is 8.66. The summed E-state index contributed by atoms with van der Waals surface area (Å²) in [7, 11) is 1.37. The van der Waals surface area contributed by atoms with Gasteiger partial charge in [0.25, 0.3) is 5.91 Å². The summed E-state index contributed by atoms with van der Waals surface area (Å²) in [6, 6.07) is 17.6. The van der Waals surface area contributed by atoms with Gasteiger partial charge in [0.05, 0.1) is 17.6 Å². The van der Waals surface area contributed by atoms with Crippen LogP contribution < -0.4 is 0 Å². The van der Waals surface area contributed by atoms with E-state index in [4.69, 9.17) is 9.47 Å². The maximum atomic E-state index is 14.0. The molecule has 0 saturated carbocycles. The number of ether oxygens (including phenoxy) is 2. The smallest absolute Gasteiger partial charge is 0.410 e. The molecule has 1 aliphatic heterocycles. The number of hydrogen-bond acceptors (Lipinski definition) is 6. The molecule has 3 aromatic rings. The SMILES string of the molecule is CCCCCc1csc(C(=O)N(Cc2ccc(-c3ccc(C(=O)OC)cc3)cc2)C2CCN(C(=O)OC(C)(C)C)CC2)c1. The highest BCUT2D eigenvalue weighted by atomic mass is 32.1. The lowest BCUT2D eigenvalue weighted by atomic mass is 10.00. The molecule has 2 heterocycles. The van der Waals surface area contributed by atoms with Crippen molar-refractivity contribution in [1.29, 1.82) is 0 Å². The second kappa shape index (κ2) is 14.7. The number of methoxy groups -OCH3 is 1. The van der Waals surface area contributed by atoms with Crippen molar-refractivity contribution in [2.24, 2.45) is 0 Å². The van der Waals surface area contributed by atoms with Crippen LogP contribution in [0.15, 0.2) is 60.0 Å². The predicted octanol–water partition coefficient (Wildman–Crippen LogP) is 7.98. The van der Waals surface area contributed by atoms with Crippen LogP contribution in [0, 0.1) is 0 Å². The molecule has 0 spiro atoms. The van der Waals surface area contributed by atoms with E-state index in [0.717, 1.165) is 34.4 Å². The van der Waals surface area contributed by atoms with E-state index in [1.54, 1.807) is 17.0 Å². The zero-order valence-electron chi connectivity index (χ0n) is 26.1. The first-order chi connectivity index (χ1) is 20.6. The number of hydrogen-bond donors (Lipinski definition) is 0. The average molecular weight is 605 g/mol. The van der Waals surface area contributed by atoms with Gasteiger partial charge < -0.3 is 19.3 Å². The predicted molar refractivity (Wildman–Crippen MR) is 171 cm³/mol. The second-order valence-corrected chi connectivity index (χ2v) is 13.1. The number of likely N-dealkylation sites (tertiary alicyclic amines) is 1. The molecule has 2 amide bonds. The zero-order chi connectivity index (χ0) is 31.0. The lowest BCUT2D eigenvalue weighted by Gasteiger charge is -2.39. The van der Waals surface area contributed by atoms with Gasteiger partial charge in [-0.1, -0.05) is 56.2 Å². The van der Waals surface area contributed by atoms with E-state index < -0.39 is 5.60 Å². The van der Waals surface area contributed by atoms with E-state index >= 15 is 0 Å². The van der Waals surface area contributed by atoms with Gasteiger partial charge in [0.15, 0.2) is 0 Å². The van der Waals surface area contributed by atoms with Gasteiger partial charge in [-0.2, -0.15) is 0 Å². The van der Waals surface area contributed by atoms with Crippen LogP contribution in [0.2, 0.25) is 0 Å². The van der Waals surface area contributed by atoms with Crippen molar-refractivity contribution >= 4 is 29.3 Å². The van der Waals surface area contributed by atoms with E-state index in [9.17, 15) is 14.4 Å². The highest BCUT2D eigenvalue weighted by Crippen LogP contribution is 2.27. The summed E-state index contributed by atoms with van der Waals surface area (Å²) in [5.41, 5.74) is 4.26. The number of aryl methyl sites for hydroxylation is 1. The van der Waals surface area contributed by atoms with Crippen molar-refractivity contribution in [3.8, 4) is 11.1 Å². The van der Waals surface area contributed by atoms with Gasteiger partial charge in [-0.05, 0) is 92.3 Å². The first kappa shape index (κ1) is 32.3. The quantitative estimate of drug-likeness (QED) is 0.173. The van der Waals surface area contributed by atoms with Crippen LogP contribution in [0.25, 0.3) is 11.1 Å². The molecule has 7 nitrogen and oxygen atoms in total. The topological polar surface area (TPSA) is 76.2 Å². The molecule has 1 aromatic heterocycles. The summed E-state index contributed by atoms with van der Waals surface area (Å²) in [5, 5.41) is 2.12. The maximum Gasteiger partial charge on any atom is 0.410 e. The Morgan fingerprint density at radius 1 is 0.930 bits per heavy atom. The highest BCUT2D eigenvalue weighted by molar-refractivity contribution is 7.12. The third-order valence-electron chi connectivity index (χ3n) is 7.70. The van der Waals surface area contributed by atoms with Gasteiger partial charge in [0, 0.05) is 25.7 Å². The Labute approximate surface area is 259 Å². The average Bonchev–Trinajstić information content (AvgIpc) is 3.48. The molecular formula is C35H44N2O5S. The second-order valence-electron chi connectivity index (χ2n) is 12.2. The summed E-state index contributed by atoms with van der Waals surface area (Å²) >= 11 is 1.53. The number of rotatable bonds is 10. The molecule has 0 unspecified atom stereocenters. The molecule has 2 aromatic carbocycles. The van der Waals surface area contributed by atoms with Crippen molar-refractivity contribution < 1.29 is 23.9 Å². The van der Waals surface area contributed by atoms with Crippen molar-refractivity contribution in [1.82, 2.24) is 9.80 Å². The first-order valence-electron chi connectivity index (χ1n) is 15.2. The number of nitrogens with zero attached hydrogens (tertiary/aromatic N) is 2. The number of carbonyl (C=O) groups is 3. The van der Waals surface area contributed by atoms with Crippen LogP contribution >= 0.6 is 11.3 Å². The van der Waals surface area contributed by atoms with E-state index in [-0.39, 0.29) is 24.0 Å². The zero-order valence-corrected chi connectivity index (χ0v) is 26.9. The normalized spacial score (nSPS) is 13.9. The van der Waals surface area contributed by atoms with Crippen LogP contribution in [0.5, 0.6) is 0 Å². The van der Waals surface area contributed by atoms with E-state index in [2.05, 4.69) is 30.5 Å². The lowest BCUT2D eigenvalue weighted by molar-refractivity contribution is 0.0142. The minimum Gasteiger partial charge on any atom is -0.465 e. The number of benzene rings is 2. The Morgan fingerprint density at radius 2 is 1.56 bits per heavy atom. The number of carbonyl (C=O) groups excluding carboxylic acids is 3. The standard InChI is InChI=1S/C35H44N2O5S/c1-6-7-8-9-26-22-31(43-24-26)32(38)37(30-18-20-36(21-19-30)34(40)42-35(2,3)4)23-25-10-12-27(13-11-25)28-14-16-29(17-15-28)33(39)41-5/h10-17,22,24,30H,6-9,18-21,23H2,1-5H3. The van der Waals surface area contributed by atoms with Crippen molar-refractivity contribution in [2.75, 3.05) is 20.2 Å². The Morgan fingerprint density at radius 3 is 2.14 bits per heavy atom. The maximum absolute atomic E-state index is 14.0. The fourth-order valence-electron chi connectivity index (χ4n) is 5.31. The summed E-state index contributed by atoms with van der Waals surface area (Å²) in [6.07, 6.45) is 5.58. The van der Waals surface area contributed by atoms with Gasteiger partial charge in [-0.15, -0.1) is 11.3 Å². The molecule has 0 atom stereocenters. The largest absolute Gasteiger partial charge is 0.465 e. The summed E-state index contributed by atoms with van der Waals surface area (Å²) < 4.78 is 10.4. The molecule has 1 aliphatic rings. The number of piperidine rings is 1. The minimum atomic E-state index is -0.542. The molecular weight excluding hydrogens is 560 g/mol. The van der Waals surface area contributed by atoms with Gasteiger partial charge in [0.2, 0.25) is 0 Å². The van der Waals surface area contributed by atoms with E-state index in [1.165, 1.54) is 36.9 Å². The van der Waals surface area contributed by atoms with Crippen LogP contribution in [0.1, 0.15) is 91.0 Å². The van der Waals surface area contributed by atoms with Gasteiger partial charge in [-0.25, -0.2) is 9.59 Å². The van der Waals surface area contributed by atoms with E-state index in [0.29, 0.717) is 38.0 Å². The molecule has 4 rings (SSSR count). The molecule has 0 bridgehead atoms. The van der Waals surface area contributed by atoms with Crippen LogP contribution in [-0.4, -0.2) is 59.6 Å². The number of unbranched alkanes of at least 4 members (excludes halogenated alkanes) is 2. The van der Waals surface area contributed by atoms with Gasteiger partial charge in [0.1, 0.15) is 5.60 Å². The molecule has 1 saturated heterocycles. The number of esters is 1. The van der Waals surface area contributed by atoms with Crippen LogP contribution in [-0.2, 0) is 22.4 Å². The Bertz CT molecular complexity index is 1370. The summed E-state index contributed by atoms with van der Waals surface area (Å²) in [4.78, 5) is 43.0. The minimum absolute atomic E-state index is 0.0161. The third kappa shape index (κ3) is 8.92. The van der Waals surface area contributed by atoms with Crippen molar-refractivity contribution in [3.05, 3.63) is 81.5 Å². The molecule has 8 heteroatoms. The van der Waals surface area contributed by atoms with Crippen molar-refractivity contribution in [2.45, 2.75) is 84.4 Å². The van der Waals surface area contributed by atoms with Gasteiger partial charge >= 0.3 is 12.1 Å². The Kier molecular flexibility index (Phi) is 11.0. The lowest BCUT2D eigenvalue weighted by Crippen LogP contribution is -2.49. The molecule has 1 fully saturated rings. The van der Waals surface area contributed by atoms with E-state index in [1.807, 2.05) is 49.9 Å². The van der Waals surface area contributed by atoms with Crippen molar-refractivity contribution in [3.63, 3.8) is 0 Å². The Hall–Kier alpha value is -3.65. The van der Waals surface area contributed by atoms with Gasteiger partial charge in [-0.3, -0.25) is 4.79 Å². The summed E-state index contributed by atoms with van der Waals surface area (Å²) in [6.45, 7) is 9.41. The van der Waals surface area contributed by atoms with Crippen LogP contribution in [0.4, 0.5) is 4.79 Å². The molecule has 0 N–H and O–H groups in total. The highest BCUT2D eigenvalue weighted by Gasteiger charge is 2.32. The number of amides is 2. The first-order valence-corrected chi connectivity index (χ1v) is 16.1. The molecule has 0 radical (unpaired) electrons. The molecule has 230 valence electrons. The summed E-state index contributed by atoms with van der Waals surface area (Å²) in [5.74, 6) is -0.313. The number of thiophene rings is 1.